The molecule has 1 heterocycles. The molecule has 0 spiro atoms. The fourth-order valence-electron chi connectivity index (χ4n) is 2.26. The Labute approximate surface area is 114 Å². The van der Waals surface area contributed by atoms with Gasteiger partial charge in [-0.25, -0.2) is 0 Å². The van der Waals surface area contributed by atoms with Gasteiger partial charge in [-0.1, -0.05) is 11.6 Å². The molecule has 1 fully saturated rings. The summed E-state index contributed by atoms with van der Waals surface area (Å²) >= 11 is 6.03. The number of halogens is 1. The van der Waals surface area contributed by atoms with Crippen LogP contribution in [0.2, 0.25) is 5.02 Å². The van der Waals surface area contributed by atoms with Gasteiger partial charge in [-0.2, -0.15) is 0 Å². The molecule has 0 aliphatic carbocycles. The molecule has 0 bridgehead atoms. The molecule has 0 atom stereocenters. The summed E-state index contributed by atoms with van der Waals surface area (Å²) in [5.41, 5.74) is 1.00. The van der Waals surface area contributed by atoms with E-state index in [1.165, 1.54) is 12.8 Å². The highest BCUT2D eigenvalue weighted by molar-refractivity contribution is 6.30. The third-order valence-electron chi connectivity index (χ3n) is 3.28. The monoisotopic (exact) mass is 268 g/mol. The van der Waals surface area contributed by atoms with Crippen molar-refractivity contribution in [3.8, 4) is 5.75 Å². The van der Waals surface area contributed by atoms with Gasteiger partial charge in [0.25, 0.3) is 0 Å². The number of nitrogens with one attached hydrogen (secondary N) is 2. The van der Waals surface area contributed by atoms with Gasteiger partial charge >= 0.3 is 0 Å². The van der Waals surface area contributed by atoms with Crippen LogP contribution in [0.25, 0.3) is 0 Å². The van der Waals surface area contributed by atoms with Crippen LogP contribution in [0.5, 0.6) is 5.75 Å². The predicted octanol–water partition coefficient (Wildman–Crippen LogP) is 3.15. The molecule has 2 N–H and O–H groups in total. The second-order valence-electron chi connectivity index (χ2n) is 4.65. The van der Waals surface area contributed by atoms with Crippen molar-refractivity contribution in [2.75, 3.05) is 31.6 Å². The average Bonchev–Trinajstić information content (AvgIpc) is 2.40. The predicted molar refractivity (Wildman–Crippen MR) is 76.7 cm³/mol. The highest BCUT2D eigenvalue weighted by atomic mass is 35.5. The maximum Gasteiger partial charge on any atom is 0.142 e. The molecule has 0 saturated carbocycles. The van der Waals surface area contributed by atoms with Crippen molar-refractivity contribution >= 4 is 17.3 Å². The van der Waals surface area contributed by atoms with E-state index in [-0.39, 0.29) is 0 Å². The quantitative estimate of drug-likeness (QED) is 0.861. The summed E-state index contributed by atoms with van der Waals surface area (Å²) in [6.45, 7) is 5.90. The zero-order chi connectivity index (χ0) is 12.8. The van der Waals surface area contributed by atoms with Crippen molar-refractivity contribution in [2.45, 2.75) is 19.8 Å². The molecule has 2 rings (SSSR count). The van der Waals surface area contributed by atoms with E-state index in [1.54, 1.807) is 0 Å². The van der Waals surface area contributed by atoms with Gasteiger partial charge < -0.3 is 15.4 Å². The van der Waals surface area contributed by atoms with Gasteiger partial charge in [0.15, 0.2) is 0 Å². The maximum atomic E-state index is 6.03. The zero-order valence-electron chi connectivity index (χ0n) is 10.8. The summed E-state index contributed by atoms with van der Waals surface area (Å²) in [6.07, 6.45) is 2.47. The third kappa shape index (κ3) is 3.79. The Morgan fingerprint density at radius 2 is 2.17 bits per heavy atom. The second kappa shape index (κ2) is 6.86. The van der Waals surface area contributed by atoms with E-state index in [1.807, 2.05) is 25.1 Å². The minimum Gasteiger partial charge on any atom is -0.492 e. The van der Waals surface area contributed by atoms with Crippen molar-refractivity contribution in [3.63, 3.8) is 0 Å². The molecule has 0 aromatic heterocycles. The summed E-state index contributed by atoms with van der Waals surface area (Å²) in [5.74, 6) is 1.62. The molecule has 1 aromatic carbocycles. The van der Waals surface area contributed by atoms with Crippen molar-refractivity contribution in [2.24, 2.45) is 5.92 Å². The van der Waals surface area contributed by atoms with E-state index in [0.717, 1.165) is 42.0 Å². The van der Waals surface area contributed by atoms with Crippen LogP contribution < -0.4 is 15.4 Å². The summed E-state index contributed by atoms with van der Waals surface area (Å²) in [5, 5.41) is 7.59. The summed E-state index contributed by atoms with van der Waals surface area (Å²) in [6, 6.07) is 5.73. The SMILES string of the molecule is CCOc1ccc(Cl)cc1NCC1CCNCC1. The lowest BCUT2D eigenvalue weighted by Crippen LogP contribution is -2.31. The molecule has 100 valence electrons. The lowest BCUT2D eigenvalue weighted by Gasteiger charge is -2.23. The largest absolute Gasteiger partial charge is 0.492 e. The summed E-state index contributed by atoms with van der Waals surface area (Å²) < 4.78 is 5.60. The van der Waals surface area contributed by atoms with Gasteiger partial charge in [0.1, 0.15) is 5.75 Å². The molecule has 1 aromatic rings. The fourth-order valence-corrected chi connectivity index (χ4v) is 2.43. The molecule has 3 nitrogen and oxygen atoms in total. The first-order valence-corrected chi connectivity index (χ1v) is 7.04. The van der Waals surface area contributed by atoms with E-state index in [4.69, 9.17) is 16.3 Å². The fraction of sp³-hybridized carbons (Fsp3) is 0.571. The van der Waals surface area contributed by atoms with Crippen LogP contribution in [0.15, 0.2) is 18.2 Å². The van der Waals surface area contributed by atoms with Crippen LogP contribution in [0, 0.1) is 5.92 Å². The Kier molecular flexibility index (Phi) is 5.14. The summed E-state index contributed by atoms with van der Waals surface area (Å²) in [7, 11) is 0. The molecule has 4 heteroatoms. The number of hydrogen-bond acceptors (Lipinski definition) is 3. The first kappa shape index (κ1) is 13.5. The van der Waals surface area contributed by atoms with Crippen molar-refractivity contribution in [1.82, 2.24) is 5.32 Å². The molecule has 18 heavy (non-hydrogen) atoms. The van der Waals surface area contributed by atoms with E-state index in [0.29, 0.717) is 6.61 Å². The number of rotatable bonds is 5. The van der Waals surface area contributed by atoms with Gasteiger partial charge in [-0.15, -0.1) is 0 Å². The Hall–Kier alpha value is -0.930. The number of benzene rings is 1. The van der Waals surface area contributed by atoms with E-state index < -0.39 is 0 Å². The topological polar surface area (TPSA) is 33.3 Å². The Balaban J connectivity index is 1.95. The molecular formula is C14H21ClN2O. The number of hydrogen-bond donors (Lipinski definition) is 2. The minimum atomic E-state index is 0.670. The van der Waals surface area contributed by atoms with Crippen LogP contribution in [0.4, 0.5) is 5.69 Å². The molecular weight excluding hydrogens is 248 g/mol. The number of anilines is 1. The van der Waals surface area contributed by atoms with Crippen molar-refractivity contribution in [1.29, 1.82) is 0 Å². The van der Waals surface area contributed by atoms with Gasteiger partial charge in [-0.05, 0) is 57.0 Å². The molecule has 0 amide bonds. The molecule has 1 aliphatic rings. The third-order valence-corrected chi connectivity index (χ3v) is 3.52. The first-order valence-electron chi connectivity index (χ1n) is 6.66. The van der Waals surface area contributed by atoms with E-state index in [2.05, 4.69) is 10.6 Å². The number of piperidine rings is 1. The van der Waals surface area contributed by atoms with E-state index >= 15 is 0 Å². The highest BCUT2D eigenvalue weighted by Crippen LogP contribution is 2.28. The van der Waals surface area contributed by atoms with Gasteiger partial charge in [-0.3, -0.25) is 0 Å². The lowest BCUT2D eigenvalue weighted by atomic mass is 9.98. The lowest BCUT2D eigenvalue weighted by molar-refractivity contribution is 0.341. The Bertz CT molecular complexity index is 378. The standard InChI is InChI=1S/C14H21ClN2O/c1-2-18-14-4-3-12(15)9-13(14)17-10-11-5-7-16-8-6-11/h3-4,9,11,16-17H,2,5-8,10H2,1H3. The van der Waals surface area contributed by atoms with Crippen molar-refractivity contribution < 1.29 is 4.74 Å². The normalized spacial score (nSPS) is 16.6. The van der Waals surface area contributed by atoms with Crippen LogP contribution in [0.3, 0.4) is 0 Å². The van der Waals surface area contributed by atoms with Gasteiger partial charge in [0.2, 0.25) is 0 Å². The minimum absolute atomic E-state index is 0.670. The van der Waals surface area contributed by atoms with Crippen LogP contribution in [-0.4, -0.2) is 26.2 Å². The molecule has 0 unspecified atom stereocenters. The van der Waals surface area contributed by atoms with E-state index in [9.17, 15) is 0 Å². The second-order valence-corrected chi connectivity index (χ2v) is 5.08. The Morgan fingerprint density at radius 1 is 1.39 bits per heavy atom. The average molecular weight is 269 g/mol. The molecule has 1 aliphatic heterocycles. The van der Waals surface area contributed by atoms with Crippen LogP contribution in [0.1, 0.15) is 19.8 Å². The van der Waals surface area contributed by atoms with Crippen LogP contribution >= 0.6 is 11.6 Å². The highest BCUT2D eigenvalue weighted by Gasteiger charge is 2.13. The van der Waals surface area contributed by atoms with Crippen molar-refractivity contribution in [3.05, 3.63) is 23.2 Å². The molecule has 0 radical (unpaired) electrons. The number of ether oxygens (including phenoxy) is 1. The smallest absolute Gasteiger partial charge is 0.142 e. The Morgan fingerprint density at radius 3 is 2.89 bits per heavy atom. The first-order chi connectivity index (χ1) is 8.79. The van der Waals surface area contributed by atoms with Crippen LogP contribution in [-0.2, 0) is 0 Å². The maximum absolute atomic E-state index is 6.03. The zero-order valence-corrected chi connectivity index (χ0v) is 11.6. The van der Waals surface area contributed by atoms with Gasteiger partial charge in [0, 0.05) is 11.6 Å². The summed E-state index contributed by atoms with van der Waals surface area (Å²) in [4.78, 5) is 0. The van der Waals surface area contributed by atoms with Gasteiger partial charge in [0.05, 0.1) is 12.3 Å². The molecule has 1 saturated heterocycles.